The fourth-order valence-electron chi connectivity index (χ4n) is 3.20. The predicted molar refractivity (Wildman–Crippen MR) is 103 cm³/mol. The summed E-state index contributed by atoms with van der Waals surface area (Å²) < 4.78 is 5.03. The summed E-state index contributed by atoms with van der Waals surface area (Å²) in [5.74, 6) is -1.33. The van der Waals surface area contributed by atoms with Crippen LogP contribution in [0.2, 0.25) is 0 Å². The van der Waals surface area contributed by atoms with Gasteiger partial charge < -0.3 is 15.0 Å². The summed E-state index contributed by atoms with van der Waals surface area (Å²) in [6, 6.07) is 14.3. The first kappa shape index (κ1) is 18.6. The van der Waals surface area contributed by atoms with Crippen molar-refractivity contribution in [2.45, 2.75) is 20.3 Å². The minimum absolute atomic E-state index is 0.0804. The number of nitrogens with zero attached hydrogens (tertiary/aromatic N) is 1. The lowest BCUT2D eigenvalue weighted by Gasteiger charge is -2.19. The minimum atomic E-state index is -0.488. The average Bonchev–Trinajstić information content (AvgIpc) is 3.04. The highest BCUT2D eigenvalue weighted by Crippen LogP contribution is 2.28. The second kappa shape index (κ2) is 8.03. The van der Waals surface area contributed by atoms with Gasteiger partial charge in [-0.3, -0.25) is 9.59 Å². The molecule has 1 fully saturated rings. The number of para-hydroxylation sites is 2. The quantitative estimate of drug-likeness (QED) is 0.825. The van der Waals surface area contributed by atoms with Crippen LogP contribution in [-0.2, 0) is 14.3 Å². The molecule has 6 heteroatoms. The molecule has 0 aliphatic carbocycles. The predicted octanol–water partition coefficient (Wildman–Crippen LogP) is 3.16. The number of rotatable bonds is 5. The molecule has 6 nitrogen and oxygen atoms in total. The Morgan fingerprint density at radius 2 is 1.85 bits per heavy atom. The van der Waals surface area contributed by atoms with Gasteiger partial charge in [0.15, 0.2) is 0 Å². The molecule has 1 N–H and O–H groups in total. The maximum absolute atomic E-state index is 12.7. The summed E-state index contributed by atoms with van der Waals surface area (Å²) in [7, 11) is 0. The number of carbonyl (C=O) groups is 3. The van der Waals surface area contributed by atoms with Gasteiger partial charge in [0.1, 0.15) is 0 Å². The number of esters is 1. The summed E-state index contributed by atoms with van der Waals surface area (Å²) in [6.07, 6.45) is 0.141. The zero-order chi connectivity index (χ0) is 19.4. The third-order valence-corrected chi connectivity index (χ3v) is 4.58. The van der Waals surface area contributed by atoms with Crippen LogP contribution in [0.3, 0.4) is 0 Å². The van der Waals surface area contributed by atoms with Crippen molar-refractivity contribution >= 4 is 29.2 Å². The van der Waals surface area contributed by atoms with Crippen LogP contribution in [0.5, 0.6) is 0 Å². The van der Waals surface area contributed by atoms with Gasteiger partial charge in [-0.25, -0.2) is 4.79 Å². The average molecular weight is 366 g/mol. The van der Waals surface area contributed by atoms with E-state index in [1.165, 1.54) is 0 Å². The third kappa shape index (κ3) is 4.00. The molecule has 2 aromatic rings. The molecule has 0 bridgehead atoms. The summed E-state index contributed by atoms with van der Waals surface area (Å²) >= 11 is 0. The molecule has 2 aromatic carbocycles. The number of amides is 2. The number of carbonyl (C=O) groups excluding carboxylic acids is 3. The topological polar surface area (TPSA) is 75.7 Å². The van der Waals surface area contributed by atoms with Crippen molar-refractivity contribution in [2.75, 3.05) is 23.4 Å². The largest absolute Gasteiger partial charge is 0.462 e. The molecule has 3 rings (SSSR count). The molecule has 0 saturated carbocycles. The van der Waals surface area contributed by atoms with E-state index in [1.54, 1.807) is 36.1 Å². The summed E-state index contributed by atoms with van der Waals surface area (Å²) in [5.41, 5.74) is 2.50. The monoisotopic (exact) mass is 366 g/mol. The highest BCUT2D eigenvalue weighted by Gasteiger charge is 2.36. The van der Waals surface area contributed by atoms with E-state index in [-0.39, 0.29) is 24.8 Å². The number of nitrogens with one attached hydrogen (secondary N) is 1. The van der Waals surface area contributed by atoms with Gasteiger partial charge in [-0.05, 0) is 37.6 Å². The standard InChI is InChI=1S/C21H22N2O4/c1-3-27-21(26)16-9-5-6-10-17(16)22-20(25)15-12-19(24)23(13-15)18-11-7-4-8-14(18)2/h4-11,15H,3,12-13H2,1-2H3,(H,22,25). The molecule has 2 amide bonds. The zero-order valence-corrected chi connectivity index (χ0v) is 15.4. The van der Waals surface area contributed by atoms with Gasteiger partial charge in [0, 0.05) is 18.7 Å². The number of aryl methyl sites for hydroxylation is 1. The Hall–Kier alpha value is -3.15. The van der Waals surface area contributed by atoms with E-state index in [2.05, 4.69) is 5.32 Å². The number of ether oxygens (including phenoxy) is 1. The van der Waals surface area contributed by atoms with Crippen LogP contribution < -0.4 is 10.2 Å². The van der Waals surface area contributed by atoms with Crippen LogP contribution in [0.15, 0.2) is 48.5 Å². The summed E-state index contributed by atoms with van der Waals surface area (Å²) in [4.78, 5) is 38.8. The van der Waals surface area contributed by atoms with E-state index in [9.17, 15) is 14.4 Å². The van der Waals surface area contributed by atoms with Crippen molar-refractivity contribution in [3.8, 4) is 0 Å². The first-order chi connectivity index (χ1) is 13.0. The van der Waals surface area contributed by atoms with Gasteiger partial charge in [0.25, 0.3) is 0 Å². The van der Waals surface area contributed by atoms with Crippen LogP contribution in [0, 0.1) is 12.8 Å². The Bertz CT molecular complexity index is 878. The van der Waals surface area contributed by atoms with E-state index < -0.39 is 11.9 Å². The van der Waals surface area contributed by atoms with E-state index >= 15 is 0 Å². The molecule has 1 aliphatic rings. The molecule has 0 radical (unpaired) electrons. The molecular weight excluding hydrogens is 344 g/mol. The van der Waals surface area contributed by atoms with Gasteiger partial charge in [0.05, 0.1) is 23.8 Å². The van der Waals surface area contributed by atoms with Crippen molar-refractivity contribution in [1.82, 2.24) is 0 Å². The molecule has 27 heavy (non-hydrogen) atoms. The Kier molecular flexibility index (Phi) is 5.54. The SMILES string of the molecule is CCOC(=O)c1ccccc1NC(=O)C1CC(=O)N(c2ccccc2C)C1. The number of benzene rings is 2. The number of hydrogen-bond donors (Lipinski definition) is 1. The van der Waals surface area contributed by atoms with Crippen molar-refractivity contribution in [2.24, 2.45) is 5.92 Å². The second-order valence-corrected chi connectivity index (χ2v) is 6.45. The van der Waals surface area contributed by atoms with Crippen molar-refractivity contribution < 1.29 is 19.1 Å². The van der Waals surface area contributed by atoms with Gasteiger partial charge in [-0.1, -0.05) is 30.3 Å². The molecular formula is C21H22N2O4. The van der Waals surface area contributed by atoms with Crippen LogP contribution in [0.1, 0.15) is 29.3 Å². The molecule has 1 aliphatic heterocycles. The van der Waals surface area contributed by atoms with Crippen molar-refractivity contribution in [3.63, 3.8) is 0 Å². The van der Waals surface area contributed by atoms with Crippen LogP contribution >= 0.6 is 0 Å². The smallest absolute Gasteiger partial charge is 0.340 e. The minimum Gasteiger partial charge on any atom is -0.462 e. The Morgan fingerprint density at radius 1 is 1.15 bits per heavy atom. The lowest BCUT2D eigenvalue weighted by molar-refractivity contribution is -0.122. The normalized spacial score (nSPS) is 16.3. The van der Waals surface area contributed by atoms with Gasteiger partial charge >= 0.3 is 5.97 Å². The first-order valence-corrected chi connectivity index (χ1v) is 8.94. The van der Waals surface area contributed by atoms with Crippen molar-refractivity contribution in [1.29, 1.82) is 0 Å². The molecule has 140 valence electrons. The second-order valence-electron chi connectivity index (χ2n) is 6.45. The molecule has 0 spiro atoms. The van der Waals surface area contributed by atoms with E-state index in [4.69, 9.17) is 4.74 Å². The Morgan fingerprint density at radius 3 is 2.59 bits per heavy atom. The van der Waals surface area contributed by atoms with Gasteiger partial charge in [-0.2, -0.15) is 0 Å². The highest BCUT2D eigenvalue weighted by molar-refractivity contribution is 6.06. The van der Waals surface area contributed by atoms with Gasteiger partial charge in [0.2, 0.25) is 11.8 Å². The lowest BCUT2D eigenvalue weighted by atomic mass is 10.1. The Labute approximate surface area is 158 Å². The zero-order valence-electron chi connectivity index (χ0n) is 15.4. The van der Waals surface area contributed by atoms with E-state index in [0.717, 1.165) is 11.3 Å². The fourth-order valence-corrected chi connectivity index (χ4v) is 3.20. The Balaban J connectivity index is 1.74. The van der Waals surface area contributed by atoms with E-state index in [0.29, 0.717) is 17.8 Å². The third-order valence-electron chi connectivity index (χ3n) is 4.58. The first-order valence-electron chi connectivity index (χ1n) is 8.94. The lowest BCUT2D eigenvalue weighted by Crippen LogP contribution is -2.29. The van der Waals surface area contributed by atoms with Crippen LogP contribution in [-0.4, -0.2) is 30.9 Å². The van der Waals surface area contributed by atoms with E-state index in [1.807, 2.05) is 31.2 Å². The van der Waals surface area contributed by atoms with Crippen LogP contribution in [0.25, 0.3) is 0 Å². The maximum atomic E-state index is 12.7. The number of hydrogen-bond acceptors (Lipinski definition) is 4. The summed E-state index contributed by atoms with van der Waals surface area (Å²) in [5, 5.41) is 2.78. The number of anilines is 2. The van der Waals surface area contributed by atoms with Gasteiger partial charge in [-0.15, -0.1) is 0 Å². The molecule has 1 atom stereocenters. The van der Waals surface area contributed by atoms with Crippen molar-refractivity contribution in [3.05, 3.63) is 59.7 Å². The van der Waals surface area contributed by atoms with Crippen LogP contribution in [0.4, 0.5) is 11.4 Å². The molecule has 1 saturated heterocycles. The molecule has 1 heterocycles. The fraction of sp³-hybridized carbons (Fsp3) is 0.286. The summed E-state index contributed by atoms with van der Waals surface area (Å²) in [6.45, 7) is 4.23. The maximum Gasteiger partial charge on any atom is 0.340 e. The molecule has 1 unspecified atom stereocenters. The highest BCUT2D eigenvalue weighted by atomic mass is 16.5. The molecule has 0 aromatic heterocycles.